The lowest BCUT2D eigenvalue weighted by Gasteiger charge is -2.21. The van der Waals surface area contributed by atoms with Gasteiger partial charge >= 0.3 is 18.3 Å². The van der Waals surface area contributed by atoms with E-state index in [2.05, 4.69) is 0 Å². The quantitative estimate of drug-likeness (QED) is 0.579. The predicted molar refractivity (Wildman–Crippen MR) is 53.5 cm³/mol. The summed E-state index contributed by atoms with van der Waals surface area (Å²) in [5.74, 6) is -2.13. The molecule has 1 aromatic carbocycles. The zero-order valence-electron chi connectivity index (χ0n) is 9.38. The molecule has 0 heterocycles. The van der Waals surface area contributed by atoms with Crippen molar-refractivity contribution >= 4 is 11.7 Å². The second-order valence-electron chi connectivity index (χ2n) is 3.77. The van der Waals surface area contributed by atoms with Crippen LogP contribution >= 0.6 is 0 Å². The Balaban J connectivity index is 3.75. The summed E-state index contributed by atoms with van der Waals surface area (Å²) >= 11 is 0. The number of aliphatic hydroxyl groups is 1. The van der Waals surface area contributed by atoms with Crippen LogP contribution < -0.4 is 5.73 Å². The van der Waals surface area contributed by atoms with E-state index < -0.39 is 46.8 Å². The third-order valence-electron chi connectivity index (χ3n) is 2.31. The summed E-state index contributed by atoms with van der Waals surface area (Å²) in [6.45, 7) is 0. The van der Waals surface area contributed by atoms with E-state index in [1.807, 2.05) is 0 Å². The minimum Gasteiger partial charge on any atom is -0.479 e. The van der Waals surface area contributed by atoms with Gasteiger partial charge in [0, 0.05) is 11.3 Å². The maximum atomic E-state index is 12.7. The molecule has 0 saturated carbocycles. The molecule has 0 amide bonds. The SMILES string of the molecule is Nc1cc(C(O)C(=O)O)c(C(F)(F)F)c(C(F)(F)F)c1. The van der Waals surface area contributed by atoms with Crippen molar-refractivity contribution in [3.63, 3.8) is 0 Å². The predicted octanol–water partition coefficient (Wildman–Crippen LogP) is 2.42. The second kappa shape index (κ2) is 4.85. The van der Waals surface area contributed by atoms with Gasteiger partial charge < -0.3 is 15.9 Å². The molecule has 0 aliphatic heterocycles. The van der Waals surface area contributed by atoms with Crippen LogP contribution in [0.1, 0.15) is 22.8 Å². The van der Waals surface area contributed by atoms with Gasteiger partial charge in [-0.2, -0.15) is 26.3 Å². The van der Waals surface area contributed by atoms with Crippen molar-refractivity contribution in [3.05, 3.63) is 28.8 Å². The summed E-state index contributed by atoms with van der Waals surface area (Å²) in [4.78, 5) is 10.5. The Morgan fingerprint density at radius 3 is 1.95 bits per heavy atom. The van der Waals surface area contributed by atoms with Crippen molar-refractivity contribution in [2.45, 2.75) is 18.5 Å². The average Bonchev–Trinajstić information content (AvgIpc) is 2.23. The maximum absolute atomic E-state index is 12.7. The zero-order valence-corrected chi connectivity index (χ0v) is 9.38. The minimum atomic E-state index is -5.51. The molecule has 0 aromatic heterocycles. The topological polar surface area (TPSA) is 83.5 Å². The van der Waals surface area contributed by atoms with E-state index in [4.69, 9.17) is 15.9 Å². The van der Waals surface area contributed by atoms with Crippen LogP contribution in [0.5, 0.6) is 0 Å². The van der Waals surface area contributed by atoms with Crippen molar-refractivity contribution in [1.29, 1.82) is 0 Å². The summed E-state index contributed by atoms with van der Waals surface area (Å²) in [5.41, 5.74) is -1.60. The summed E-state index contributed by atoms with van der Waals surface area (Å²) in [7, 11) is 0. The highest BCUT2D eigenvalue weighted by atomic mass is 19.4. The number of rotatable bonds is 2. The molecule has 0 radical (unpaired) electrons. The Morgan fingerprint density at radius 2 is 1.60 bits per heavy atom. The van der Waals surface area contributed by atoms with E-state index in [9.17, 15) is 31.1 Å². The number of aliphatic carboxylic acids is 1. The van der Waals surface area contributed by atoms with E-state index in [1.54, 1.807) is 0 Å². The van der Waals surface area contributed by atoms with Gasteiger partial charge in [-0.25, -0.2) is 4.79 Å². The number of nitrogen functional groups attached to an aromatic ring is 1. The van der Waals surface area contributed by atoms with Crippen LogP contribution in [-0.2, 0) is 17.1 Å². The first-order chi connectivity index (χ1) is 8.85. The molecule has 0 spiro atoms. The number of nitrogens with two attached hydrogens (primary N) is 1. The number of halogens is 6. The average molecular weight is 303 g/mol. The molecule has 1 unspecified atom stereocenters. The summed E-state index contributed by atoms with van der Waals surface area (Å²) < 4.78 is 76.1. The number of carboxylic acids is 1. The first-order valence-corrected chi connectivity index (χ1v) is 4.84. The third-order valence-corrected chi connectivity index (χ3v) is 2.31. The number of aliphatic hydroxyl groups excluding tert-OH is 1. The van der Waals surface area contributed by atoms with Gasteiger partial charge in [0.1, 0.15) is 0 Å². The Bertz CT molecular complexity index is 537. The molecule has 10 heteroatoms. The van der Waals surface area contributed by atoms with Gasteiger partial charge in [0.05, 0.1) is 11.1 Å². The van der Waals surface area contributed by atoms with Gasteiger partial charge in [-0.05, 0) is 12.1 Å². The van der Waals surface area contributed by atoms with Gasteiger partial charge in [-0.1, -0.05) is 0 Å². The minimum absolute atomic E-state index is 0.0287. The molecule has 0 bridgehead atoms. The smallest absolute Gasteiger partial charge is 0.417 e. The van der Waals surface area contributed by atoms with Crippen molar-refractivity contribution in [3.8, 4) is 0 Å². The highest BCUT2D eigenvalue weighted by Gasteiger charge is 2.46. The van der Waals surface area contributed by atoms with Gasteiger partial charge in [0.25, 0.3) is 0 Å². The Labute approximate surface area is 107 Å². The Morgan fingerprint density at radius 1 is 1.10 bits per heavy atom. The fourth-order valence-electron chi connectivity index (χ4n) is 1.58. The molecule has 4 N–H and O–H groups in total. The molecule has 1 atom stereocenters. The molecule has 0 aliphatic carbocycles. The monoisotopic (exact) mass is 303 g/mol. The van der Waals surface area contributed by atoms with Crippen LogP contribution in [-0.4, -0.2) is 16.2 Å². The van der Waals surface area contributed by atoms with E-state index in [1.165, 1.54) is 0 Å². The van der Waals surface area contributed by atoms with E-state index in [-0.39, 0.29) is 6.07 Å². The first kappa shape index (κ1) is 16.1. The zero-order chi connectivity index (χ0) is 15.9. The van der Waals surface area contributed by atoms with Crippen LogP contribution in [0.15, 0.2) is 12.1 Å². The van der Waals surface area contributed by atoms with Gasteiger partial charge in [-0.15, -0.1) is 0 Å². The van der Waals surface area contributed by atoms with E-state index >= 15 is 0 Å². The van der Waals surface area contributed by atoms with Crippen molar-refractivity contribution in [2.75, 3.05) is 5.73 Å². The third kappa shape index (κ3) is 3.13. The molecule has 1 rings (SSSR count). The number of carbonyl (C=O) groups is 1. The molecule has 0 fully saturated rings. The van der Waals surface area contributed by atoms with E-state index in [0.29, 0.717) is 6.07 Å². The van der Waals surface area contributed by atoms with Gasteiger partial charge in [0.2, 0.25) is 0 Å². The van der Waals surface area contributed by atoms with E-state index in [0.717, 1.165) is 0 Å². The number of carboxylic acid groups (broad SMARTS) is 1. The highest BCUT2D eigenvalue weighted by Crippen LogP contribution is 2.44. The lowest BCUT2D eigenvalue weighted by molar-refractivity contribution is -0.164. The molecule has 0 aliphatic rings. The Kier molecular flexibility index (Phi) is 3.90. The van der Waals surface area contributed by atoms with Crippen LogP contribution in [0.4, 0.5) is 32.0 Å². The summed E-state index contributed by atoms with van der Waals surface area (Å²) in [6.07, 6.45) is -13.7. The molecular formula is C10H7F6NO3. The number of alkyl halides is 6. The lowest BCUT2D eigenvalue weighted by atomic mass is 9.95. The number of hydrogen-bond acceptors (Lipinski definition) is 3. The fraction of sp³-hybridized carbons (Fsp3) is 0.300. The lowest BCUT2D eigenvalue weighted by Crippen LogP contribution is -2.23. The maximum Gasteiger partial charge on any atom is 0.417 e. The molecule has 0 saturated heterocycles. The second-order valence-corrected chi connectivity index (χ2v) is 3.77. The van der Waals surface area contributed by atoms with Crippen LogP contribution in [0.25, 0.3) is 0 Å². The van der Waals surface area contributed by atoms with Crippen molar-refractivity contribution in [1.82, 2.24) is 0 Å². The van der Waals surface area contributed by atoms with Crippen molar-refractivity contribution in [2.24, 2.45) is 0 Å². The molecule has 20 heavy (non-hydrogen) atoms. The van der Waals surface area contributed by atoms with Gasteiger partial charge in [0.15, 0.2) is 6.10 Å². The standard InChI is InChI=1S/C10H7F6NO3/c11-9(12,13)5-2-3(17)1-4(7(18)8(19)20)6(5)10(14,15)16/h1-2,7,18H,17H2,(H,19,20). The van der Waals surface area contributed by atoms with Crippen LogP contribution in [0.3, 0.4) is 0 Å². The molecule has 4 nitrogen and oxygen atoms in total. The largest absolute Gasteiger partial charge is 0.479 e. The van der Waals surface area contributed by atoms with Crippen LogP contribution in [0, 0.1) is 0 Å². The highest BCUT2D eigenvalue weighted by molar-refractivity contribution is 5.76. The molecule has 112 valence electrons. The molecular weight excluding hydrogens is 296 g/mol. The van der Waals surface area contributed by atoms with Crippen LogP contribution in [0.2, 0.25) is 0 Å². The number of anilines is 1. The summed E-state index contributed by atoms with van der Waals surface area (Å²) in [5, 5.41) is 17.6. The fourth-order valence-corrected chi connectivity index (χ4v) is 1.58. The number of hydrogen-bond donors (Lipinski definition) is 3. The van der Waals surface area contributed by atoms with Crippen molar-refractivity contribution < 1.29 is 41.4 Å². The summed E-state index contributed by atoms with van der Waals surface area (Å²) in [6, 6.07) is 0.373. The van der Waals surface area contributed by atoms with Gasteiger partial charge in [-0.3, -0.25) is 0 Å². The molecule has 1 aromatic rings. The first-order valence-electron chi connectivity index (χ1n) is 4.84. The number of benzene rings is 1. The normalized spacial score (nSPS) is 14.2. The Hall–Kier alpha value is -1.97.